The summed E-state index contributed by atoms with van der Waals surface area (Å²) >= 11 is 13.6. The van der Waals surface area contributed by atoms with Gasteiger partial charge in [-0.1, -0.05) is 48.4 Å². The SMILES string of the molecule is CCOC(=O)Cn1c(=NC(=O)c2ccc(S(=O)(=O)N(CC)CC)cc2)sc2cc(Cl)cc(Cl)c21. The lowest BCUT2D eigenvalue weighted by Gasteiger charge is -2.18. The lowest BCUT2D eigenvalue weighted by Crippen LogP contribution is -2.30. The molecule has 1 amide bonds. The number of carbonyl (C=O) groups excluding carboxylic acids is 2. The molecule has 2 aromatic carbocycles. The first-order chi connectivity index (χ1) is 16.1. The number of halogens is 2. The van der Waals surface area contributed by atoms with Crippen molar-refractivity contribution >= 4 is 66.7 Å². The number of sulfonamides is 1. The summed E-state index contributed by atoms with van der Waals surface area (Å²) in [5.74, 6) is -1.11. The molecule has 0 radical (unpaired) electrons. The first-order valence-electron chi connectivity index (χ1n) is 10.5. The Bertz CT molecular complexity index is 1390. The average molecular weight is 544 g/mol. The molecule has 0 aliphatic heterocycles. The number of rotatable bonds is 8. The lowest BCUT2D eigenvalue weighted by atomic mass is 10.2. The fourth-order valence-corrected chi connectivity index (χ4v) is 6.60. The molecule has 0 atom stereocenters. The molecule has 182 valence electrons. The third-order valence-corrected chi connectivity index (χ3v) is 8.53. The number of aromatic nitrogens is 1. The summed E-state index contributed by atoms with van der Waals surface area (Å²) in [7, 11) is -3.64. The summed E-state index contributed by atoms with van der Waals surface area (Å²) in [5.41, 5.74) is 0.708. The van der Waals surface area contributed by atoms with E-state index >= 15 is 0 Å². The Balaban J connectivity index is 2.04. The predicted molar refractivity (Wildman–Crippen MR) is 133 cm³/mol. The highest BCUT2D eigenvalue weighted by Crippen LogP contribution is 2.30. The van der Waals surface area contributed by atoms with Crippen LogP contribution in [0.3, 0.4) is 0 Å². The minimum Gasteiger partial charge on any atom is -0.465 e. The smallest absolute Gasteiger partial charge is 0.326 e. The predicted octanol–water partition coefficient (Wildman–Crippen LogP) is 4.34. The Kier molecular flexibility index (Phi) is 8.53. The molecule has 12 heteroatoms. The van der Waals surface area contributed by atoms with Gasteiger partial charge >= 0.3 is 5.97 Å². The second-order valence-corrected chi connectivity index (χ2v) is 10.8. The largest absolute Gasteiger partial charge is 0.465 e. The van der Waals surface area contributed by atoms with Crippen molar-refractivity contribution in [3.05, 3.63) is 56.8 Å². The summed E-state index contributed by atoms with van der Waals surface area (Å²) in [4.78, 5) is 29.6. The van der Waals surface area contributed by atoms with Crippen LogP contribution in [0.1, 0.15) is 31.1 Å². The Morgan fingerprint density at radius 2 is 1.74 bits per heavy atom. The molecule has 0 unspecified atom stereocenters. The maximum absolute atomic E-state index is 12.9. The molecule has 0 bridgehead atoms. The van der Waals surface area contributed by atoms with Crippen molar-refractivity contribution in [1.82, 2.24) is 8.87 Å². The summed E-state index contributed by atoms with van der Waals surface area (Å²) in [5, 5.41) is 0.716. The molecular weight excluding hydrogens is 521 g/mol. The molecule has 0 saturated heterocycles. The van der Waals surface area contributed by atoms with Crippen LogP contribution in [-0.4, -0.2) is 48.9 Å². The number of esters is 1. The minimum atomic E-state index is -3.64. The van der Waals surface area contributed by atoms with Crippen molar-refractivity contribution in [3.8, 4) is 0 Å². The second kappa shape index (κ2) is 11.0. The maximum atomic E-state index is 12.9. The minimum absolute atomic E-state index is 0.0911. The fourth-order valence-electron chi connectivity index (χ4n) is 3.33. The number of carbonyl (C=O) groups is 2. The number of thiazole rings is 1. The molecule has 0 aliphatic rings. The number of amides is 1. The second-order valence-electron chi connectivity index (χ2n) is 7.04. The van der Waals surface area contributed by atoms with Crippen molar-refractivity contribution < 1.29 is 22.7 Å². The van der Waals surface area contributed by atoms with Crippen LogP contribution in [0.4, 0.5) is 0 Å². The van der Waals surface area contributed by atoms with Crippen LogP contribution < -0.4 is 4.80 Å². The van der Waals surface area contributed by atoms with Gasteiger partial charge in [-0.2, -0.15) is 9.30 Å². The molecule has 3 aromatic rings. The standard InChI is InChI=1S/C22H23Cl2N3O5S2/c1-4-26(5-2)34(30,31)16-9-7-14(8-10-16)21(29)25-22-27(13-19(28)32-6-3)20-17(24)11-15(23)12-18(20)33-22/h7-12H,4-6,13H2,1-3H3. The molecular formula is C22H23Cl2N3O5S2. The molecule has 3 rings (SSSR count). The Hall–Kier alpha value is -2.24. The van der Waals surface area contributed by atoms with Crippen LogP contribution in [0.25, 0.3) is 10.2 Å². The highest BCUT2D eigenvalue weighted by molar-refractivity contribution is 7.89. The van der Waals surface area contributed by atoms with E-state index in [4.69, 9.17) is 27.9 Å². The first kappa shape index (κ1) is 26.4. The molecule has 1 aromatic heterocycles. The van der Waals surface area contributed by atoms with E-state index in [0.29, 0.717) is 33.4 Å². The van der Waals surface area contributed by atoms with E-state index in [1.165, 1.54) is 33.1 Å². The number of hydrogen-bond acceptors (Lipinski definition) is 6. The Morgan fingerprint density at radius 1 is 1.09 bits per heavy atom. The van der Waals surface area contributed by atoms with Gasteiger partial charge in [0.05, 0.1) is 26.7 Å². The van der Waals surface area contributed by atoms with Gasteiger partial charge in [0, 0.05) is 23.7 Å². The normalized spacial score (nSPS) is 12.5. The topological polar surface area (TPSA) is 98.0 Å². The van der Waals surface area contributed by atoms with Gasteiger partial charge < -0.3 is 9.30 Å². The van der Waals surface area contributed by atoms with Crippen molar-refractivity contribution in [3.63, 3.8) is 0 Å². The highest BCUT2D eigenvalue weighted by atomic mass is 35.5. The van der Waals surface area contributed by atoms with Crippen molar-refractivity contribution in [2.75, 3.05) is 19.7 Å². The molecule has 0 aliphatic carbocycles. The summed E-state index contributed by atoms with van der Waals surface area (Å²) in [6.45, 7) is 5.90. The summed E-state index contributed by atoms with van der Waals surface area (Å²) in [6, 6.07) is 8.80. The number of fused-ring (bicyclic) bond motifs is 1. The van der Waals surface area contributed by atoms with Crippen molar-refractivity contribution in [2.45, 2.75) is 32.2 Å². The maximum Gasteiger partial charge on any atom is 0.326 e. The summed E-state index contributed by atoms with van der Waals surface area (Å²) in [6.07, 6.45) is 0. The van der Waals surface area contributed by atoms with Gasteiger partial charge in [0.2, 0.25) is 10.0 Å². The van der Waals surface area contributed by atoms with Gasteiger partial charge in [-0.05, 0) is 43.3 Å². The van der Waals surface area contributed by atoms with E-state index in [1.807, 2.05) is 0 Å². The van der Waals surface area contributed by atoms with E-state index in [2.05, 4.69) is 4.99 Å². The van der Waals surface area contributed by atoms with E-state index in [-0.39, 0.29) is 28.4 Å². The molecule has 0 fully saturated rings. The zero-order valence-corrected chi connectivity index (χ0v) is 21.9. The molecule has 0 N–H and O–H groups in total. The lowest BCUT2D eigenvalue weighted by molar-refractivity contribution is -0.143. The average Bonchev–Trinajstić information content (AvgIpc) is 3.11. The van der Waals surface area contributed by atoms with Crippen LogP contribution >= 0.6 is 34.5 Å². The number of benzene rings is 2. The zero-order valence-electron chi connectivity index (χ0n) is 18.7. The Morgan fingerprint density at radius 3 is 2.32 bits per heavy atom. The van der Waals surface area contributed by atoms with E-state index in [0.717, 1.165) is 11.3 Å². The van der Waals surface area contributed by atoms with Crippen molar-refractivity contribution in [1.29, 1.82) is 0 Å². The van der Waals surface area contributed by atoms with E-state index < -0.39 is 21.9 Å². The zero-order chi connectivity index (χ0) is 25.0. The van der Waals surface area contributed by atoms with Gasteiger partial charge in [-0.25, -0.2) is 8.42 Å². The van der Waals surface area contributed by atoms with Crippen LogP contribution in [-0.2, 0) is 26.1 Å². The van der Waals surface area contributed by atoms with Crippen LogP contribution in [0.2, 0.25) is 10.0 Å². The number of nitrogens with zero attached hydrogens (tertiary/aromatic N) is 3. The molecule has 1 heterocycles. The van der Waals surface area contributed by atoms with Gasteiger partial charge in [0.25, 0.3) is 5.91 Å². The van der Waals surface area contributed by atoms with Gasteiger partial charge in [-0.3, -0.25) is 9.59 Å². The third kappa shape index (κ3) is 5.52. The molecule has 0 saturated carbocycles. The molecule has 8 nitrogen and oxygen atoms in total. The first-order valence-corrected chi connectivity index (χ1v) is 13.5. The molecule has 0 spiro atoms. The van der Waals surface area contributed by atoms with E-state index in [1.54, 1.807) is 32.9 Å². The van der Waals surface area contributed by atoms with Gasteiger partial charge in [0.15, 0.2) is 4.80 Å². The number of hydrogen-bond donors (Lipinski definition) is 0. The van der Waals surface area contributed by atoms with Crippen LogP contribution in [0.5, 0.6) is 0 Å². The monoisotopic (exact) mass is 543 g/mol. The third-order valence-electron chi connectivity index (χ3n) is 4.93. The fraction of sp³-hybridized carbons (Fsp3) is 0.318. The van der Waals surface area contributed by atoms with Crippen LogP contribution in [0.15, 0.2) is 46.3 Å². The van der Waals surface area contributed by atoms with Crippen molar-refractivity contribution in [2.24, 2.45) is 4.99 Å². The quantitative estimate of drug-likeness (QED) is 0.393. The summed E-state index contributed by atoms with van der Waals surface area (Å²) < 4.78 is 33.9. The molecule has 34 heavy (non-hydrogen) atoms. The number of ether oxygens (including phenoxy) is 1. The van der Waals surface area contributed by atoms with Gasteiger partial charge in [-0.15, -0.1) is 0 Å². The highest BCUT2D eigenvalue weighted by Gasteiger charge is 2.22. The van der Waals surface area contributed by atoms with Crippen LogP contribution in [0, 0.1) is 0 Å². The van der Waals surface area contributed by atoms with Gasteiger partial charge in [0.1, 0.15) is 6.54 Å². The Labute approximate surface area is 211 Å². The van der Waals surface area contributed by atoms with E-state index in [9.17, 15) is 18.0 Å².